The highest BCUT2D eigenvalue weighted by molar-refractivity contribution is 7.09. The number of nitrogens with one attached hydrogen (secondary N) is 1. The standard InChI is InChI=1S/C17H18N4OS/c1-2-16-19-14(12-23-16)10-15(22)20-17-18-8-9-21(17)11-13-6-4-3-5-7-13/h3-9,12H,2,10-11H2,1H3,(H,18,20,22). The smallest absolute Gasteiger partial charge is 0.232 e. The number of aromatic nitrogens is 3. The molecule has 1 N–H and O–H groups in total. The number of nitrogens with zero attached hydrogens (tertiary/aromatic N) is 3. The maximum absolute atomic E-state index is 12.2. The average molecular weight is 326 g/mol. The second kappa shape index (κ2) is 7.19. The summed E-state index contributed by atoms with van der Waals surface area (Å²) >= 11 is 1.59. The van der Waals surface area contributed by atoms with Gasteiger partial charge in [-0.2, -0.15) is 0 Å². The molecule has 1 amide bonds. The molecule has 0 saturated heterocycles. The molecular formula is C17H18N4OS. The van der Waals surface area contributed by atoms with Crippen molar-refractivity contribution in [3.05, 3.63) is 64.4 Å². The van der Waals surface area contributed by atoms with E-state index in [1.54, 1.807) is 17.5 Å². The predicted molar refractivity (Wildman–Crippen MR) is 91.6 cm³/mol. The number of benzene rings is 1. The highest BCUT2D eigenvalue weighted by atomic mass is 32.1. The van der Waals surface area contributed by atoms with E-state index in [1.807, 2.05) is 46.5 Å². The van der Waals surface area contributed by atoms with Gasteiger partial charge in [0.05, 0.1) is 23.7 Å². The first-order valence-corrected chi connectivity index (χ1v) is 8.40. The number of imidazole rings is 1. The molecule has 2 heterocycles. The van der Waals surface area contributed by atoms with Crippen LogP contribution in [0.5, 0.6) is 0 Å². The molecule has 0 aliphatic carbocycles. The van der Waals surface area contributed by atoms with Crippen molar-refractivity contribution in [1.82, 2.24) is 14.5 Å². The first kappa shape index (κ1) is 15.4. The molecule has 3 aromatic rings. The fraction of sp³-hybridized carbons (Fsp3) is 0.235. The van der Waals surface area contributed by atoms with E-state index in [2.05, 4.69) is 22.2 Å². The third-order valence-corrected chi connectivity index (χ3v) is 4.45. The van der Waals surface area contributed by atoms with Gasteiger partial charge in [-0.1, -0.05) is 37.3 Å². The third-order valence-electron chi connectivity index (χ3n) is 3.41. The lowest BCUT2D eigenvalue weighted by molar-refractivity contribution is -0.115. The van der Waals surface area contributed by atoms with E-state index >= 15 is 0 Å². The van der Waals surface area contributed by atoms with E-state index in [4.69, 9.17) is 0 Å². The summed E-state index contributed by atoms with van der Waals surface area (Å²) in [5, 5.41) is 5.86. The molecule has 0 spiro atoms. The van der Waals surface area contributed by atoms with Gasteiger partial charge in [0.25, 0.3) is 0 Å². The van der Waals surface area contributed by atoms with E-state index in [9.17, 15) is 4.79 Å². The fourth-order valence-electron chi connectivity index (χ4n) is 2.27. The predicted octanol–water partition coefficient (Wildman–Crippen LogP) is 3.13. The van der Waals surface area contributed by atoms with Crippen LogP contribution in [-0.2, 0) is 24.2 Å². The highest BCUT2D eigenvalue weighted by Gasteiger charge is 2.11. The van der Waals surface area contributed by atoms with Crippen molar-refractivity contribution in [1.29, 1.82) is 0 Å². The zero-order chi connectivity index (χ0) is 16.1. The van der Waals surface area contributed by atoms with Gasteiger partial charge >= 0.3 is 0 Å². The second-order valence-electron chi connectivity index (χ2n) is 5.18. The number of rotatable bonds is 6. The zero-order valence-electron chi connectivity index (χ0n) is 12.9. The summed E-state index contributed by atoms with van der Waals surface area (Å²) in [5.41, 5.74) is 1.97. The molecular weight excluding hydrogens is 308 g/mol. The molecule has 0 aliphatic rings. The summed E-state index contributed by atoms with van der Waals surface area (Å²) in [4.78, 5) is 20.8. The fourth-order valence-corrected chi connectivity index (χ4v) is 3.01. The topological polar surface area (TPSA) is 59.8 Å². The van der Waals surface area contributed by atoms with E-state index < -0.39 is 0 Å². The first-order chi connectivity index (χ1) is 11.2. The molecule has 3 rings (SSSR count). The lowest BCUT2D eigenvalue weighted by Crippen LogP contribution is -2.18. The van der Waals surface area contributed by atoms with Crippen LogP contribution in [0.4, 0.5) is 5.95 Å². The molecule has 5 nitrogen and oxygen atoms in total. The van der Waals surface area contributed by atoms with E-state index in [0.717, 1.165) is 22.7 Å². The van der Waals surface area contributed by atoms with Crippen LogP contribution in [0.3, 0.4) is 0 Å². The maximum atomic E-state index is 12.2. The van der Waals surface area contributed by atoms with Crippen LogP contribution < -0.4 is 5.32 Å². The van der Waals surface area contributed by atoms with Gasteiger partial charge in [0.15, 0.2) is 0 Å². The summed E-state index contributed by atoms with van der Waals surface area (Å²) in [6.45, 7) is 2.73. The van der Waals surface area contributed by atoms with Crippen molar-refractivity contribution in [2.24, 2.45) is 0 Å². The summed E-state index contributed by atoms with van der Waals surface area (Å²) in [6, 6.07) is 10.1. The molecule has 0 atom stereocenters. The van der Waals surface area contributed by atoms with E-state index in [-0.39, 0.29) is 12.3 Å². The zero-order valence-corrected chi connectivity index (χ0v) is 13.7. The Bertz CT molecular complexity index is 779. The van der Waals surface area contributed by atoms with Crippen molar-refractivity contribution < 1.29 is 4.79 Å². The Morgan fingerprint density at radius 1 is 1.30 bits per heavy atom. The van der Waals surface area contributed by atoms with Gasteiger partial charge in [0, 0.05) is 17.8 Å². The van der Waals surface area contributed by atoms with Crippen molar-refractivity contribution in [2.45, 2.75) is 26.3 Å². The molecule has 0 fully saturated rings. The molecule has 23 heavy (non-hydrogen) atoms. The minimum Gasteiger partial charge on any atom is -0.313 e. The molecule has 0 unspecified atom stereocenters. The Labute approximate surface area is 139 Å². The number of aryl methyl sites for hydroxylation is 1. The SMILES string of the molecule is CCc1nc(CC(=O)Nc2nccn2Cc2ccccc2)cs1. The average Bonchev–Trinajstić information content (AvgIpc) is 3.18. The number of carbonyl (C=O) groups excluding carboxylic acids is 1. The Kier molecular flexibility index (Phi) is 4.83. The Morgan fingerprint density at radius 2 is 2.13 bits per heavy atom. The summed E-state index contributed by atoms with van der Waals surface area (Å²) in [6.07, 6.45) is 4.72. The maximum Gasteiger partial charge on any atom is 0.232 e. The third kappa shape index (κ3) is 4.04. The monoisotopic (exact) mass is 326 g/mol. The largest absolute Gasteiger partial charge is 0.313 e. The number of hydrogen-bond acceptors (Lipinski definition) is 4. The van der Waals surface area contributed by atoms with Gasteiger partial charge in [0.2, 0.25) is 11.9 Å². The lowest BCUT2D eigenvalue weighted by atomic mass is 10.2. The molecule has 1 aromatic carbocycles. The van der Waals surface area contributed by atoms with Gasteiger partial charge < -0.3 is 4.57 Å². The normalized spacial score (nSPS) is 10.7. The van der Waals surface area contributed by atoms with Crippen LogP contribution in [-0.4, -0.2) is 20.4 Å². The number of amides is 1. The van der Waals surface area contributed by atoms with Crippen LogP contribution in [0.2, 0.25) is 0 Å². The van der Waals surface area contributed by atoms with Crippen LogP contribution >= 0.6 is 11.3 Å². The van der Waals surface area contributed by atoms with Gasteiger partial charge in [0.1, 0.15) is 0 Å². The number of thiazole rings is 1. The number of anilines is 1. The molecule has 0 radical (unpaired) electrons. The number of hydrogen-bond donors (Lipinski definition) is 1. The van der Waals surface area contributed by atoms with Gasteiger partial charge in [-0.25, -0.2) is 9.97 Å². The summed E-state index contributed by atoms with van der Waals surface area (Å²) in [7, 11) is 0. The van der Waals surface area contributed by atoms with Gasteiger partial charge in [-0.15, -0.1) is 11.3 Å². The molecule has 2 aromatic heterocycles. The lowest BCUT2D eigenvalue weighted by Gasteiger charge is -2.08. The Hall–Kier alpha value is -2.47. The van der Waals surface area contributed by atoms with E-state index in [1.165, 1.54) is 0 Å². The Balaban J connectivity index is 1.64. The molecule has 0 aliphatic heterocycles. The first-order valence-electron chi connectivity index (χ1n) is 7.53. The van der Waals surface area contributed by atoms with Crippen LogP contribution in [0, 0.1) is 0 Å². The molecule has 6 heteroatoms. The van der Waals surface area contributed by atoms with Crippen molar-refractivity contribution >= 4 is 23.2 Å². The van der Waals surface area contributed by atoms with Crippen molar-refractivity contribution in [2.75, 3.05) is 5.32 Å². The molecule has 0 bridgehead atoms. The minimum absolute atomic E-state index is 0.0986. The molecule has 118 valence electrons. The Morgan fingerprint density at radius 3 is 2.87 bits per heavy atom. The quantitative estimate of drug-likeness (QED) is 0.757. The van der Waals surface area contributed by atoms with Crippen LogP contribution in [0.1, 0.15) is 23.2 Å². The van der Waals surface area contributed by atoms with Gasteiger partial charge in [-0.05, 0) is 12.0 Å². The number of carbonyl (C=O) groups is 1. The van der Waals surface area contributed by atoms with Crippen molar-refractivity contribution in [3.8, 4) is 0 Å². The summed E-state index contributed by atoms with van der Waals surface area (Å²) < 4.78 is 1.92. The van der Waals surface area contributed by atoms with Crippen LogP contribution in [0.15, 0.2) is 48.1 Å². The second-order valence-corrected chi connectivity index (χ2v) is 6.12. The van der Waals surface area contributed by atoms with Crippen molar-refractivity contribution in [3.63, 3.8) is 0 Å². The van der Waals surface area contributed by atoms with Crippen LogP contribution in [0.25, 0.3) is 0 Å². The van der Waals surface area contributed by atoms with Gasteiger partial charge in [-0.3, -0.25) is 10.1 Å². The van der Waals surface area contributed by atoms with E-state index in [0.29, 0.717) is 12.5 Å². The minimum atomic E-state index is -0.0986. The summed E-state index contributed by atoms with van der Waals surface area (Å²) in [5.74, 6) is 0.461. The highest BCUT2D eigenvalue weighted by Crippen LogP contribution is 2.13. The molecule has 0 saturated carbocycles.